The number of ether oxygens (including phenoxy) is 1. The lowest BCUT2D eigenvalue weighted by Gasteiger charge is -2.35. The van der Waals surface area contributed by atoms with Crippen molar-refractivity contribution >= 4 is 11.6 Å². The molecule has 1 amide bonds. The summed E-state index contributed by atoms with van der Waals surface area (Å²) < 4.78 is 18.7. The van der Waals surface area contributed by atoms with E-state index < -0.39 is 0 Å². The number of nitrogens with zero attached hydrogens (tertiary/aromatic N) is 2. The zero-order chi connectivity index (χ0) is 18.5. The van der Waals surface area contributed by atoms with E-state index in [1.54, 1.807) is 6.07 Å². The molecule has 1 saturated heterocycles. The number of hydrogen-bond donors (Lipinski definition) is 1. The Morgan fingerprint density at radius 1 is 1.08 bits per heavy atom. The normalized spacial score (nSPS) is 15.1. The summed E-state index contributed by atoms with van der Waals surface area (Å²) in [7, 11) is 1.46. The van der Waals surface area contributed by atoms with Crippen LogP contribution < -0.4 is 10.5 Å². The molecule has 2 aromatic carbocycles. The summed E-state index contributed by atoms with van der Waals surface area (Å²) in [5, 5.41) is 0. The molecule has 0 aliphatic carbocycles. The van der Waals surface area contributed by atoms with Crippen molar-refractivity contribution in [3.8, 4) is 5.75 Å². The Labute approximate surface area is 153 Å². The Morgan fingerprint density at radius 2 is 1.73 bits per heavy atom. The second-order valence-corrected chi connectivity index (χ2v) is 6.54. The quantitative estimate of drug-likeness (QED) is 0.835. The van der Waals surface area contributed by atoms with Gasteiger partial charge in [0, 0.05) is 38.4 Å². The van der Waals surface area contributed by atoms with E-state index >= 15 is 0 Å². The second kappa shape index (κ2) is 8.19. The zero-order valence-electron chi connectivity index (χ0n) is 15.0. The fourth-order valence-corrected chi connectivity index (χ4v) is 3.14. The largest absolute Gasteiger partial charge is 0.494 e. The van der Waals surface area contributed by atoms with Crippen LogP contribution in [0.5, 0.6) is 5.75 Å². The van der Waals surface area contributed by atoms with Crippen molar-refractivity contribution in [3.05, 3.63) is 59.4 Å². The van der Waals surface area contributed by atoms with Gasteiger partial charge in [-0.05, 0) is 35.4 Å². The molecule has 0 bridgehead atoms. The van der Waals surface area contributed by atoms with Gasteiger partial charge in [-0.25, -0.2) is 4.39 Å². The monoisotopic (exact) mass is 357 g/mol. The average molecular weight is 357 g/mol. The van der Waals surface area contributed by atoms with Crippen molar-refractivity contribution in [2.75, 3.05) is 39.0 Å². The highest BCUT2D eigenvalue weighted by atomic mass is 19.1. The van der Waals surface area contributed by atoms with Crippen LogP contribution in [0.1, 0.15) is 11.1 Å². The van der Waals surface area contributed by atoms with Crippen LogP contribution in [0.25, 0.3) is 0 Å². The minimum atomic E-state index is -0.345. The summed E-state index contributed by atoms with van der Waals surface area (Å²) in [5.41, 5.74) is 8.25. The van der Waals surface area contributed by atoms with E-state index in [2.05, 4.69) is 4.90 Å². The third-order valence-corrected chi connectivity index (χ3v) is 4.68. The number of carbonyl (C=O) groups excluding carboxylic acids is 1. The van der Waals surface area contributed by atoms with Crippen LogP contribution >= 0.6 is 0 Å². The maximum absolute atomic E-state index is 13.8. The van der Waals surface area contributed by atoms with Crippen LogP contribution in [-0.2, 0) is 17.8 Å². The summed E-state index contributed by atoms with van der Waals surface area (Å²) in [5.74, 6) is 0.0408. The molecule has 138 valence electrons. The van der Waals surface area contributed by atoms with Gasteiger partial charge in [0.25, 0.3) is 0 Å². The Balaban J connectivity index is 1.50. The highest BCUT2D eigenvalue weighted by Gasteiger charge is 2.21. The zero-order valence-corrected chi connectivity index (χ0v) is 15.0. The van der Waals surface area contributed by atoms with E-state index in [0.717, 1.165) is 24.2 Å². The molecule has 0 spiro atoms. The van der Waals surface area contributed by atoms with Crippen molar-refractivity contribution in [3.63, 3.8) is 0 Å². The van der Waals surface area contributed by atoms with E-state index in [-0.39, 0.29) is 17.5 Å². The predicted octanol–water partition coefficient (Wildman–Crippen LogP) is 2.30. The first-order chi connectivity index (χ1) is 12.5. The summed E-state index contributed by atoms with van der Waals surface area (Å²) in [6.07, 6.45) is 0.393. The molecular formula is C20H24FN3O2. The molecule has 0 saturated carbocycles. The fourth-order valence-electron chi connectivity index (χ4n) is 3.14. The van der Waals surface area contributed by atoms with Gasteiger partial charge < -0.3 is 15.4 Å². The summed E-state index contributed by atoms with van der Waals surface area (Å²) >= 11 is 0. The molecule has 0 atom stereocenters. The molecule has 6 heteroatoms. The van der Waals surface area contributed by atoms with E-state index in [9.17, 15) is 9.18 Å². The summed E-state index contributed by atoms with van der Waals surface area (Å²) in [4.78, 5) is 16.6. The Hall–Kier alpha value is -2.60. The number of anilines is 1. The van der Waals surface area contributed by atoms with Gasteiger partial charge >= 0.3 is 0 Å². The highest BCUT2D eigenvalue weighted by Crippen LogP contribution is 2.19. The number of halogens is 1. The van der Waals surface area contributed by atoms with Gasteiger partial charge in [0.05, 0.1) is 13.5 Å². The molecule has 2 N–H and O–H groups in total. The van der Waals surface area contributed by atoms with E-state index in [0.29, 0.717) is 31.7 Å². The molecule has 26 heavy (non-hydrogen) atoms. The first-order valence-corrected chi connectivity index (χ1v) is 8.72. The molecule has 1 aliphatic rings. The van der Waals surface area contributed by atoms with Crippen molar-refractivity contribution in [2.24, 2.45) is 0 Å². The van der Waals surface area contributed by atoms with E-state index in [1.165, 1.54) is 13.2 Å². The van der Waals surface area contributed by atoms with Crippen LogP contribution in [0.15, 0.2) is 42.5 Å². The SMILES string of the molecule is COc1ccc(CN2CCN(C(=O)Cc3ccc(N)cc3)CC2)cc1F. The maximum atomic E-state index is 13.8. The molecular weight excluding hydrogens is 333 g/mol. The average Bonchev–Trinajstić information content (AvgIpc) is 2.64. The predicted molar refractivity (Wildman–Crippen MR) is 99.4 cm³/mol. The third kappa shape index (κ3) is 4.52. The number of benzene rings is 2. The summed E-state index contributed by atoms with van der Waals surface area (Å²) in [6.45, 7) is 3.60. The number of carbonyl (C=O) groups is 1. The number of hydrogen-bond acceptors (Lipinski definition) is 4. The number of rotatable bonds is 5. The molecule has 0 aromatic heterocycles. The minimum Gasteiger partial charge on any atom is -0.494 e. The number of amides is 1. The van der Waals surface area contributed by atoms with E-state index in [1.807, 2.05) is 35.2 Å². The van der Waals surface area contributed by atoms with Gasteiger partial charge in [0.15, 0.2) is 11.6 Å². The molecule has 1 heterocycles. The second-order valence-electron chi connectivity index (χ2n) is 6.54. The van der Waals surface area contributed by atoms with Gasteiger partial charge in [-0.15, -0.1) is 0 Å². The summed E-state index contributed by atoms with van der Waals surface area (Å²) in [6, 6.07) is 12.4. The molecule has 1 fully saturated rings. The first kappa shape index (κ1) is 18.2. The number of methoxy groups -OCH3 is 1. The van der Waals surface area contributed by atoms with Crippen molar-refractivity contribution in [2.45, 2.75) is 13.0 Å². The Bertz CT molecular complexity index is 756. The van der Waals surface area contributed by atoms with Crippen molar-refractivity contribution < 1.29 is 13.9 Å². The lowest BCUT2D eigenvalue weighted by atomic mass is 10.1. The fraction of sp³-hybridized carbons (Fsp3) is 0.350. The molecule has 0 radical (unpaired) electrons. The number of piperazine rings is 1. The highest BCUT2D eigenvalue weighted by molar-refractivity contribution is 5.79. The first-order valence-electron chi connectivity index (χ1n) is 8.72. The van der Waals surface area contributed by atoms with E-state index in [4.69, 9.17) is 10.5 Å². The van der Waals surface area contributed by atoms with Gasteiger partial charge in [-0.3, -0.25) is 9.69 Å². The molecule has 2 aromatic rings. The van der Waals surface area contributed by atoms with Crippen LogP contribution in [0.2, 0.25) is 0 Å². The molecule has 1 aliphatic heterocycles. The van der Waals surface area contributed by atoms with Gasteiger partial charge in [-0.2, -0.15) is 0 Å². The Morgan fingerprint density at radius 3 is 2.35 bits per heavy atom. The van der Waals surface area contributed by atoms with Crippen LogP contribution in [-0.4, -0.2) is 49.0 Å². The van der Waals surface area contributed by atoms with Crippen molar-refractivity contribution in [1.29, 1.82) is 0 Å². The third-order valence-electron chi connectivity index (χ3n) is 4.68. The standard InChI is InChI=1S/C20H24FN3O2/c1-26-19-7-4-16(12-18(19)21)14-23-8-10-24(11-9-23)20(25)13-15-2-5-17(22)6-3-15/h2-7,12H,8-11,13-14,22H2,1H3. The lowest BCUT2D eigenvalue weighted by molar-refractivity contribution is -0.132. The Kier molecular flexibility index (Phi) is 5.73. The van der Waals surface area contributed by atoms with Crippen LogP contribution in [0.3, 0.4) is 0 Å². The minimum absolute atomic E-state index is 0.130. The van der Waals surface area contributed by atoms with Crippen molar-refractivity contribution in [1.82, 2.24) is 9.80 Å². The van der Waals surface area contributed by atoms with Gasteiger partial charge in [0.2, 0.25) is 5.91 Å². The number of nitrogen functional groups attached to an aromatic ring is 1. The van der Waals surface area contributed by atoms with Gasteiger partial charge in [0.1, 0.15) is 0 Å². The van der Waals surface area contributed by atoms with Crippen LogP contribution in [0.4, 0.5) is 10.1 Å². The smallest absolute Gasteiger partial charge is 0.227 e. The molecule has 0 unspecified atom stereocenters. The van der Waals surface area contributed by atoms with Crippen LogP contribution in [0, 0.1) is 5.82 Å². The molecule has 5 nitrogen and oxygen atoms in total. The maximum Gasteiger partial charge on any atom is 0.227 e. The topological polar surface area (TPSA) is 58.8 Å². The molecule has 3 rings (SSSR count). The lowest BCUT2D eigenvalue weighted by Crippen LogP contribution is -2.48. The number of nitrogens with two attached hydrogens (primary N) is 1. The van der Waals surface area contributed by atoms with Gasteiger partial charge in [-0.1, -0.05) is 18.2 Å².